The number of carbonyl (C=O) groups excluding carboxylic acids is 1. The van der Waals surface area contributed by atoms with Gasteiger partial charge in [0.1, 0.15) is 0 Å². The van der Waals surface area contributed by atoms with Gasteiger partial charge in [-0.25, -0.2) is 0 Å². The van der Waals surface area contributed by atoms with Crippen LogP contribution in [0.25, 0.3) is 0 Å². The summed E-state index contributed by atoms with van der Waals surface area (Å²) < 4.78 is 0. The van der Waals surface area contributed by atoms with E-state index in [1.54, 1.807) is 0 Å². The Balaban J connectivity index is 2.18. The maximum absolute atomic E-state index is 11.7. The van der Waals surface area contributed by atoms with Crippen LogP contribution in [0.4, 0.5) is 0 Å². The van der Waals surface area contributed by atoms with Crippen molar-refractivity contribution in [2.45, 2.75) is 64.8 Å². The van der Waals surface area contributed by atoms with E-state index in [-0.39, 0.29) is 11.3 Å². The van der Waals surface area contributed by atoms with Crippen molar-refractivity contribution in [2.75, 3.05) is 6.54 Å². The fraction of sp³-hybridized carbons (Fsp3) is 0.923. The average molecular weight is 226 g/mol. The van der Waals surface area contributed by atoms with Crippen molar-refractivity contribution in [3.05, 3.63) is 0 Å². The van der Waals surface area contributed by atoms with Crippen LogP contribution in [0, 0.1) is 5.41 Å². The molecule has 0 spiro atoms. The highest BCUT2D eigenvalue weighted by molar-refractivity contribution is 5.76. The largest absolute Gasteiger partial charge is 0.353 e. The van der Waals surface area contributed by atoms with E-state index >= 15 is 0 Å². The van der Waals surface area contributed by atoms with E-state index < -0.39 is 0 Å². The summed E-state index contributed by atoms with van der Waals surface area (Å²) in [6, 6.07) is 0.449. The first kappa shape index (κ1) is 13.5. The SMILES string of the molecule is CC(C)(CCN)CCC(=O)NC1CCCC1. The average Bonchev–Trinajstić information content (AvgIpc) is 2.68. The monoisotopic (exact) mass is 226 g/mol. The highest BCUT2D eigenvalue weighted by Crippen LogP contribution is 2.26. The molecule has 1 saturated carbocycles. The highest BCUT2D eigenvalue weighted by atomic mass is 16.1. The summed E-state index contributed by atoms with van der Waals surface area (Å²) in [4.78, 5) is 11.7. The number of nitrogens with one attached hydrogen (secondary N) is 1. The molecule has 0 heterocycles. The second-order valence-electron chi connectivity index (χ2n) is 5.75. The molecule has 0 aromatic rings. The number of rotatable bonds is 6. The van der Waals surface area contributed by atoms with Gasteiger partial charge in [0.15, 0.2) is 0 Å². The Kier molecular flexibility index (Phi) is 5.26. The van der Waals surface area contributed by atoms with E-state index in [1.165, 1.54) is 12.8 Å². The third kappa shape index (κ3) is 4.97. The summed E-state index contributed by atoms with van der Waals surface area (Å²) in [6.45, 7) is 5.07. The summed E-state index contributed by atoms with van der Waals surface area (Å²) >= 11 is 0. The fourth-order valence-corrected chi connectivity index (χ4v) is 2.34. The lowest BCUT2D eigenvalue weighted by atomic mass is 9.84. The van der Waals surface area contributed by atoms with Crippen LogP contribution in [0.2, 0.25) is 0 Å². The van der Waals surface area contributed by atoms with E-state index in [4.69, 9.17) is 5.73 Å². The lowest BCUT2D eigenvalue weighted by Crippen LogP contribution is -2.33. The van der Waals surface area contributed by atoms with Crippen molar-refractivity contribution in [2.24, 2.45) is 11.1 Å². The lowest BCUT2D eigenvalue weighted by molar-refractivity contribution is -0.122. The summed E-state index contributed by atoms with van der Waals surface area (Å²) in [5, 5.41) is 3.12. The molecule has 1 rings (SSSR count). The van der Waals surface area contributed by atoms with Gasteiger partial charge in [-0.1, -0.05) is 26.7 Å². The summed E-state index contributed by atoms with van der Waals surface area (Å²) in [7, 11) is 0. The molecule has 1 fully saturated rings. The number of nitrogens with two attached hydrogens (primary N) is 1. The predicted molar refractivity (Wildman–Crippen MR) is 67.1 cm³/mol. The molecule has 3 heteroatoms. The molecule has 0 radical (unpaired) electrons. The van der Waals surface area contributed by atoms with Crippen molar-refractivity contribution in [3.63, 3.8) is 0 Å². The van der Waals surface area contributed by atoms with E-state index in [0.717, 1.165) is 25.7 Å². The minimum absolute atomic E-state index is 0.196. The minimum Gasteiger partial charge on any atom is -0.353 e. The molecule has 94 valence electrons. The number of hydrogen-bond donors (Lipinski definition) is 2. The Labute approximate surface area is 99.2 Å². The second kappa shape index (κ2) is 6.24. The van der Waals surface area contributed by atoms with Crippen LogP contribution in [0.5, 0.6) is 0 Å². The van der Waals surface area contributed by atoms with Gasteiger partial charge in [0.2, 0.25) is 5.91 Å². The molecule has 3 N–H and O–H groups in total. The normalized spacial score (nSPS) is 17.7. The van der Waals surface area contributed by atoms with Gasteiger partial charge < -0.3 is 11.1 Å². The zero-order valence-corrected chi connectivity index (χ0v) is 10.7. The summed E-state index contributed by atoms with van der Waals surface area (Å²) in [5.74, 6) is 0.219. The van der Waals surface area contributed by atoms with Crippen molar-refractivity contribution >= 4 is 5.91 Å². The number of amides is 1. The molecule has 0 aromatic carbocycles. The zero-order chi connectivity index (χ0) is 12.0. The second-order valence-corrected chi connectivity index (χ2v) is 5.75. The Morgan fingerprint density at radius 3 is 2.50 bits per heavy atom. The van der Waals surface area contributed by atoms with Crippen LogP contribution in [0.1, 0.15) is 58.8 Å². The van der Waals surface area contributed by atoms with Gasteiger partial charge in [0, 0.05) is 12.5 Å². The third-order valence-corrected chi connectivity index (χ3v) is 3.57. The first-order chi connectivity index (χ1) is 7.53. The van der Waals surface area contributed by atoms with Gasteiger partial charge in [-0.3, -0.25) is 4.79 Å². The van der Waals surface area contributed by atoms with Gasteiger partial charge in [-0.05, 0) is 37.6 Å². The summed E-state index contributed by atoms with van der Waals surface area (Å²) in [5.41, 5.74) is 5.75. The quantitative estimate of drug-likeness (QED) is 0.729. The van der Waals surface area contributed by atoms with E-state index in [0.29, 0.717) is 19.0 Å². The Hall–Kier alpha value is -0.570. The van der Waals surface area contributed by atoms with Crippen molar-refractivity contribution in [3.8, 4) is 0 Å². The molecule has 0 unspecified atom stereocenters. The third-order valence-electron chi connectivity index (χ3n) is 3.57. The molecule has 1 aliphatic rings. The van der Waals surface area contributed by atoms with Gasteiger partial charge in [0.25, 0.3) is 0 Å². The van der Waals surface area contributed by atoms with Crippen LogP contribution in [-0.4, -0.2) is 18.5 Å². The molecule has 3 nitrogen and oxygen atoms in total. The van der Waals surface area contributed by atoms with Crippen molar-refractivity contribution < 1.29 is 4.79 Å². The van der Waals surface area contributed by atoms with Crippen LogP contribution < -0.4 is 11.1 Å². The molecule has 0 saturated heterocycles. The molecule has 0 aliphatic heterocycles. The predicted octanol–water partition coefficient (Wildman–Crippen LogP) is 2.20. The standard InChI is InChI=1S/C13H26N2O/c1-13(2,9-10-14)8-7-12(16)15-11-5-3-4-6-11/h11H,3-10,14H2,1-2H3,(H,15,16). The minimum atomic E-state index is 0.196. The summed E-state index contributed by atoms with van der Waals surface area (Å²) in [6.07, 6.45) is 7.43. The van der Waals surface area contributed by atoms with Gasteiger partial charge >= 0.3 is 0 Å². The van der Waals surface area contributed by atoms with E-state index in [2.05, 4.69) is 19.2 Å². The molecular weight excluding hydrogens is 200 g/mol. The first-order valence-electron chi connectivity index (χ1n) is 6.53. The molecule has 0 bridgehead atoms. The Morgan fingerprint density at radius 2 is 1.94 bits per heavy atom. The Morgan fingerprint density at radius 1 is 1.31 bits per heavy atom. The maximum Gasteiger partial charge on any atom is 0.220 e. The van der Waals surface area contributed by atoms with Crippen molar-refractivity contribution in [1.82, 2.24) is 5.32 Å². The van der Waals surface area contributed by atoms with Crippen molar-refractivity contribution in [1.29, 1.82) is 0 Å². The molecule has 1 amide bonds. The molecule has 0 aromatic heterocycles. The smallest absolute Gasteiger partial charge is 0.220 e. The zero-order valence-electron chi connectivity index (χ0n) is 10.7. The number of hydrogen-bond acceptors (Lipinski definition) is 2. The van der Waals surface area contributed by atoms with Crippen LogP contribution in [0.15, 0.2) is 0 Å². The molecule has 16 heavy (non-hydrogen) atoms. The Bertz CT molecular complexity index is 220. The highest BCUT2D eigenvalue weighted by Gasteiger charge is 2.20. The fourth-order valence-electron chi connectivity index (χ4n) is 2.34. The van der Waals surface area contributed by atoms with Crippen LogP contribution in [-0.2, 0) is 4.79 Å². The topological polar surface area (TPSA) is 55.1 Å². The van der Waals surface area contributed by atoms with E-state index in [1.807, 2.05) is 0 Å². The molecule has 0 atom stereocenters. The first-order valence-corrected chi connectivity index (χ1v) is 6.53. The lowest BCUT2D eigenvalue weighted by Gasteiger charge is -2.23. The van der Waals surface area contributed by atoms with E-state index in [9.17, 15) is 4.79 Å². The number of carbonyl (C=O) groups is 1. The van der Waals surface area contributed by atoms with Crippen LogP contribution in [0.3, 0.4) is 0 Å². The van der Waals surface area contributed by atoms with Gasteiger partial charge in [-0.15, -0.1) is 0 Å². The maximum atomic E-state index is 11.7. The van der Waals surface area contributed by atoms with Gasteiger partial charge in [-0.2, -0.15) is 0 Å². The molecular formula is C13H26N2O. The molecule has 1 aliphatic carbocycles. The van der Waals surface area contributed by atoms with Crippen LogP contribution >= 0.6 is 0 Å². The van der Waals surface area contributed by atoms with Gasteiger partial charge in [0.05, 0.1) is 0 Å².